The average molecular weight is 201 g/mol. The van der Waals surface area contributed by atoms with Gasteiger partial charge in [0.15, 0.2) is 0 Å². The van der Waals surface area contributed by atoms with Gasteiger partial charge in [0.25, 0.3) is 0 Å². The summed E-state index contributed by atoms with van der Waals surface area (Å²) in [6.07, 6.45) is -0.644. The number of nitrogens with one attached hydrogen (secondary N) is 1. The van der Waals surface area contributed by atoms with Gasteiger partial charge in [0.2, 0.25) is 6.41 Å². The zero-order valence-corrected chi connectivity index (χ0v) is 7.30. The fourth-order valence-electron chi connectivity index (χ4n) is 1.18. The molecule has 1 N–H and O–H groups in total. The molecule has 76 valence electrons. The topological polar surface area (TPSA) is 30.5 Å². The molecule has 0 aliphatic carbocycles. The van der Waals surface area contributed by atoms with Gasteiger partial charge < -0.3 is 14.8 Å². The van der Waals surface area contributed by atoms with Gasteiger partial charge in [0, 0.05) is 6.07 Å². The van der Waals surface area contributed by atoms with Gasteiger partial charge in [-0.05, 0) is 12.1 Å². The number of hydrogen-bond acceptors (Lipinski definition) is 3. The summed E-state index contributed by atoms with van der Waals surface area (Å²) in [6.45, 7) is 0.945. The first-order valence-corrected chi connectivity index (χ1v) is 4.20. The second kappa shape index (κ2) is 3.89. The summed E-state index contributed by atoms with van der Waals surface area (Å²) in [5, 5.41) is 2.65. The van der Waals surface area contributed by atoms with Crippen molar-refractivity contribution in [3.05, 3.63) is 29.8 Å². The van der Waals surface area contributed by atoms with E-state index in [2.05, 4.69) is 5.32 Å². The lowest BCUT2D eigenvalue weighted by Gasteiger charge is -2.12. The van der Waals surface area contributed by atoms with Crippen LogP contribution in [-0.4, -0.2) is 19.6 Å². The summed E-state index contributed by atoms with van der Waals surface area (Å²) in [4.78, 5) is 0. The fourth-order valence-corrected chi connectivity index (χ4v) is 1.18. The van der Waals surface area contributed by atoms with Crippen LogP contribution in [0.5, 0.6) is 0 Å². The fraction of sp³-hybridized carbons (Fsp3) is 0.333. The lowest BCUT2D eigenvalue weighted by atomic mass is 10.3. The molecule has 0 saturated carbocycles. The molecule has 1 aromatic carbocycles. The van der Waals surface area contributed by atoms with Crippen molar-refractivity contribution >= 4 is 5.69 Å². The minimum Gasteiger partial charge on any atom is -0.335 e. The van der Waals surface area contributed by atoms with E-state index in [1.54, 1.807) is 0 Å². The summed E-state index contributed by atoms with van der Waals surface area (Å²) in [5.41, 5.74) is 0.165. The zero-order chi connectivity index (χ0) is 9.97. The number of rotatable bonds is 2. The molecule has 3 nitrogen and oxygen atoms in total. The van der Waals surface area contributed by atoms with Gasteiger partial charge in [-0.3, -0.25) is 0 Å². The largest absolute Gasteiger partial charge is 0.335 e. The van der Waals surface area contributed by atoms with E-state index in [0.717, 1.165) is 6.07 Å². The van der Waals surface area contributed by atoms with E-state index in [0.29, 0.717) is 13.2 Å². The number of anilines is 1. The van der Waals surface area contributed by atoms with E-state index >= 15 is 0 Å². The highest BCUT2D eigenvalue weighted by molar-refractivity contribution is 5.44. The SMILES string of the molecule is Fc1ccc(NC2OCCO2)c(F)c1. The van der Waals surface area contributed by atoms with Crippen molar-refractivity contribution in [3.63, 3.8) is 0 Å². The highest BCUT2D eigenvalue weighted by Crippen LogP contribution is 2.17. The van der Waals surface area contributed by atoms with Crippen LogP contribution in [0.2, 0.25) is 0 Å². The average Bonchev–Trinajstić information content (AvgIpc) is 2.62. The Morgan fingerprint density at radius 1 is 1.21 bits per heavy atom. The van der Waals surface area contributed by atoms with Crippen molar-refractivity contribution in [2.75, 3.05) is 18.5 Å². The Kier molecular flexibility index (Phi) is 2.60. The maximum atomic E-state index is 13.1. The van der Waals surface area contributed by atoms with Gasteiger partial charge in [-0.2, -0.15) is 0 Å². The van der Waals surface area contributed by atoms with Crippen molar-refractivity contribution in [1.82, 2.24) is 0 Å². The van der Waals surface area contributed by atoms with Crippen LogP contribution in [-0.2, 0) is 9.47 Å². The molecule has 0 bridgehead atoms. The predicted octanol–water partition coefficient (Wildman–Crippen LogP) is 1.71. The highest BCUT2D eigenvalue weighted by atomic mass is 19.1. The van der Waals surface area contributed by atoms with Crippen molar-refractivity contribution in [2.45, 2.75) is 6.41 Å². The second-order valence-corrected chi connectivity index (χ2v) is 2.84. The molecule has 1 fully saturated rings. The van der Waals surface area contributed by atoms with Crippen LogP contribution in [0.1, 0.15) is 0 Å². The minimum atomic E-state index is -0.663. The maximum Gasteiger partial charge on any atom is 0.238 e. The normalized spacial score (nSPS) is 17.3. The van der Waals surface area contributed by atoms with Crippen molar-refractivity contribution in [3.8, 4) is 0 Å². The van der Waals surface area contributed by atoms with Crippen molar-refractivity contribution < 1.29 is 18.3 Å². The Hall–Kier alpha value is -1.20. The van der Waals surface area contributed by atoms with E-state index in [9.17, 15) is 8.78 Å². The summed E-state index contributed by atoms with van der Waals surface area (Å²) >= 11 is 0. The zero-order valence-electron chi connectivity index (χ0n) is 7.30. The van der Waals surface area contributed by atoms with Gasteiger partial charge in [0.1, 0.15) is 11.6 Å². The molecule has 1 heterocycles. The third kappa shape index (κ3) is 2.00. The smallest absolute Gasteiger partial charge is 0.238 e. The minimum absolute atomic E-state index is 0.165. The lowest BCUT2D eigenvalue weighted by Crippen LogP contribution is -2.20. The van der Waals surface area contributed by atoms with Crippen LogP contribution in [0.25, 0.3) is 0 Å². The molecule has 1 aliphatic rings. The Balaban J connectivity index is 2.08. The standard InChI is InChI=1S/C9H9F2NO2/c10-6-1-2-8(7(11)5-6)12-9-13-3-4-14-9/h1-2,5,9,12H,3-4H2. The first kappa shape index (κ1) is 9.36. The van der Waals surface area contributed by atoms with Gasteiger partial charge >= 0.3 is 0 Å². The number of ether oxygens (including phenoxy) is 2. The molecule has 2 rings (SSSR count). The van der Waals surface area contributed by atoms with Crippen LogP contribution in [0.3, 0.4) is 0 Å². The molecule has 1 aliphatic heterocycles. The molecular weight excluding hydrogens is 192 g/mol. The summed E-state index contributed by atoms with van der Waals surface area (Å²) in [6, 6.07) is 3.27. The Bertz CT molecular complexity index is 327. The Morgan fingerprint density at radius 2 is 1.93 bits per heavy atom. The van der Waals surface area contributed by atoms with E-state index in [-0.39, 0.29) is 5.69 Å². The van der Waals surface area contributed by atoms with Crippen LogP contribution in [0, 0.1) is 11.6 Å². The molecule has 0 atom stereocenters. The van der Waals surface area contributed by atoms with E-state index in [1.165, 1.54) is 12.1 Å². The third-order valence-electron chi connectivity index (χ3n) is 1.83. The Morgan fingerprint density at radius 3 is 2.57 bits per heavy atom. The first-order chi connectivity index (χ1) is 6.75. The molecular formula is C9H9F2NO2. The first-order valence-electron chi connectivity index (χ1n) is 4.20. The number of hydrogen-bond donors (Lipinski definition) is 1. The summed E-state index contributed by atoms with van der Waals surface area (Å²) in [5.74, 6) is -1.27. The number of benzene rings is 1. The quantitative estimate of drug-likeness (QED) is 0.790. The maximum absolute atomic E-state index is 13.1. The van der Waals surface area contributed by atoms with Gasteiger partial charge in [-0.25, -0.2) is 8.78 Å². The molecule has 0 spiro atoms. The highest BCUT2D eigenvalue weighted by Gasteiger charge is 2.16. The molecule has 14 heavy (non-hydrogen) atoms. The van der Waals surface area contributed by atoms with Crippen molar-refractivity contribution in [2.24, 2.45) is 0 Å². The Labute approximate surface area is 79.6 Å². The van der Waals surface area contributed by atoms with Gasteiger partial charge in [-0.15, -0.1) is 0 Å². The van der Waals surface area contributed by atoms with E-state index in [4.69, 9.17) is 9.47 Å². The second-order valence-electron chi connectivity index (χ2n) is 2.84. The molecule has 0 radical (unpaired) electrons. The van der Waals surface area contributed by atoms with Crippen LogP contribution < -0.4 is 5.32 Å². The van der Waals surface area contributed by atoms with E-state index < -0.39 is 18.0 Å². The monoisotopic (exact) mass is 201 g/mol. The molecule has 0 unspecified atom stereocenters. The van der Waals surface area contributed by atoms with Crippen molar-refractivity contribution in [1.29, 1.82) is 0 Å². The van der Waals surface area contributed by atoms with Crippen LogP contribution >= 0.6 is 0 Å². The van der Waals surface area contributed by atoms with E-state index in [1.807, 2.05) is 0 Å². The predicted molar refractivity (Wildman–Crippen MR) is 45.7 cm³/mol. The van der Waals surface area contributed by atoms with Crippen LogP contribution in [0.15, 0.2) is 18.2 Å². The third-order valence-corrected chi connectivity index (χ3v) is 1.83. The van der Waals surface area contributed by atoms with Gasteiger partial charge in [0.05, 0.1) is 18.9 Å². The molecule has 5 heteroatoms. The molecule has 1 aromatic rings. The lowest BCUT2D eigenvalue weighted by molar-refractivity contribution is -0.0179. The molecule has 0 amide bonds. The van der Waals surface area contributed by atoms with Crippen LogP contribution in [0.4, 0.5) is 14.5 Å². The summed E-state index contributed by atoms with van der Waals surface area (Å²) < 4.78 is 35.7. The summed E-state index contributed by atoms with van der Waals surface area (Å²) in [7, 11) is 0. The molecule has 0 aromatic heterocycles. The number of halogens is 2. The molecule has 1 saturated heterocycles. The van der Waals surface area contributed by atoms with Gasteiger partial charge in [-0.1, -0.05) is 0 Å².